The number of rotatable bonds is 2. The van der Waals surface area contributed by atoms with E-state index in [1.165, 1.54) is 0 Å². The fourth-order valence-electron chi connectivity index (χ4n) is 2.67. The summed E-state index contributed by atoms with van der Waals surface area (Å²) in [5, 5.41) is -0.0291. The zero-order valence-electron chi connectivity index (χ0n) is 10.3. The molecular weight excluding hydrogens is 260 g/mol. The minimum atomic E-state index is -3.28. The third-order valence-electron chi connectivity index (χ3n) is 3.69. The third-order valence-corrected chi connectivity index (χ3v) is 6.17. The summed E-state index contributed by atoms with van der Waals surface area (Å²) in [6.07, 6.45) is 4.86. The summed E-state index contributed by atoms with van der Waals surface area (Å²) in [6, 6.07) is 0.129. The van der Waals surface area contributed by atoms with Crippen LogP contribution in [0.1, 0.15) is 39.0 Å². The molecule has 0 aromatic rings. The van der Waals surface area contributed by atoms with Crippen molar-refractivity contribution >= 4 is 21.8 Å². The molecule has 0 aromatic heterocycles. The second-order valence-electron chi connectivity index (χ2n) is 5.06. The maximum atomic E-state index is 12.5. The zero-order chi connectivity index (χ0) is 12.5. The van der Waals surface area contributed by atoms with E-state index < -0.39 is 10.2 Å². The van der Waals surface area contributed by atoms with E-state index >= 15 is 0 Å². The van der Waals surface area contributed by atoms with E-state index in [0.29, 0.717) is 19.6 Å². The highest BCUT2D eigenvalue weighted by molar-refractivity contribution is 7.86. The van der Waals surface area contributed by atoms with Crippen LogP contribution in [0.25, 0.3) is 0 Å². The van der Waals surface area contributed by atoms with E-state index in [2.05, 4.69) is 0 Å². The van der Waals surface area contributed by atoms with E-state index in [-0.39, 0.29) is 11.4 Å². The molecule has 4 nitrogen and oxygen atoms in total. The molecule has 0 N–H and O–H groups in total. The van der Waals surface area contributed by atoms with Crippen LogP contribution in [0.4, 0.5) is 0 Å². The van der Waals surface area contributed by atoms with Gasteiger partial charge in [0.05, 0.1) is 0 Å². The number of piperidine rings is 2. The van der Waals surface area contributed by atoms with E-state index in [4.69, 9.17) is 11.6 Å². The van der Waals surface area contributed by atoms with Gasteiger partial charge in [-0.1, -0.05) is 6.42 Å². The lowest BCUT2D eigenvalue weighted by molar-refractivity contribution is 0.236. The molecule has 2 atom stereocenters. The van der Waals surface area contributed by atoms with Crippen molar-refractivity contribution in [2.75, 3.05) is 19.6 Å². The molecule has 0 aliphatic carbocycles. The Labute approximate surface area is 109 Å². The molecule has 2 aliphatic heterocycles. The maximum Gasteiger partial charge on any atom is 0.282 e. The summed E-state index contributed by atoms with van der Waals surface area (Å²) in [7, 11) is -3.28. The van der Waals surface area contributed by atoms with Crippen LogP contribution in [0.5, 0.6) is 0 Å². The van der Waals surface area contributed by atoms with Crippen molar-refractivity contribution in [3.63, 3.8) is 0 Å². The molecule has 2 saturated heterocycles. The summed E-state index contributed by atoms with van der Waals surface area (Å²) >= 11 is 6.07. The minimum Gasteiger partial charge on any atom is -0.195 e. The van der Waals surface area contributed by atoms with Gasteiger partial charge in [-0.15, -0.1) is 11.6 Å². The first-order valence-corrected chi connectivity index (χ1v) is 8.26. The van der Waals surface area contributed by atoms with Crippen molar-refractivity contribution in [1.82, 2.24) is 8.61 Å². The van der Waals surface area contributed by atoms with Crippen LogP contribution in [0.2, 0.25) is 0 Å². The molecule has 0 radical (unpaired) electrons. The Morgan fingerprint density at radius 3 is 2.53 bits per heavy atom. The summed E-state index contributed by atoms with van der Waals surface area (Å²) in [6.45, 7) is 3.74. The Balaban J connectivity index is 2.11. The second kappa shape index (κ2) is 5.43. The molecule has 2 fully saturated rings. The van der Waals surface area contributed by atoms with Gasteiger partial charge in [-0.3, -0.25) is 0 Å². The molecule has 2 aliphatic rings. The lowest BCUT2D eigenvalue weighted by atomic mass is 10.1. The first-order valence-electron chi connectivity index (χ1n) is 6.43. The highest BCUT2D eigenvalue weighted by Gasteiger charge is 2.36. The summed E-state index contributed by atoms with van der Waals surface area (Å²) < 4.78 is 28.2. The fourth-order valence-corrected chi connectivity index (χ4v) is 5.01. The minimum absolute atomic E-state index is 0.0291. The second-order valence-corrected chi connectivity index (χ2v) is 7.56. The van der Waals surface area contributed by atoms with E-state index in [1.807, 2.05) is 6.92 Å². The lowest BCUT2D eigenvalue weighted by Gasteiger charge is -2.38. The molecular formula is C11H21ClN2O2S. The van der Waals surface area contributed by atoms with Gasteiger partial charge in [0, 0.05) is 31.1 Å². The van der Waals surface area contributed by atoms with Crippen LogP contribution in [0.15, 0.2) is 0 Å². The van der Waals surface area contributed by atoms with E-state index in [1.54, 1.807) is 8.61 Å². The van der Waals surface area contributed by atoms with Crippen molar-refractivity contribution < 1.29 is 8.42 Å². The Morgan fingerprint density at radius 1 is 1.12 bits per heavy atom. The zero-order valence-corrected chi connectivity index (χ0v) is 11.9. The number of hydrogen-bond donors (Lipinski definition) is 0. The van der Waals surface area contributed by atoms with Gasteiger partial charge in [-0.2, -0.15) is 17.0 Å². The van der Waals surface area contributed by atoms with Gasteiger partial charge < -0.3 is 0 Å². The molecule has 6 heteroatoms. The normalized spacial score (nSPS) is 33.8. The van der Waals surface area contributed by atoms with Crippen LogP contribution in [0, 0.1) is 0 Å². The first-order chi connectivity index (χ1) is 8.01. The quantitative estimate of drug-likeness (QED) is 0.724. The van der Waals surface area contributed by atoms with Crippen molar-refractivity contribution in [3.8, 4) is 0 Å². The van der Waals surface area contributed by atoms with Gasteiger partial charge in [0.25, 0.3) is 10.2 Å². The molecule has 0 aromatic carbocycles. The topological polar surface area (TPSA) is 40.6 Å². The Kier molecular flexibility index (Phi) is 4.34. The van der Waals surface area contributed by atoms with Crippen molar-refractivity contribution in [1.29, 1.82) is 0 Å². The highest BCUT2D eigenvalue weighted by Crippen LogP contribution is 2.25. The predicted molar refractivity (Wildman–Crippen MR) is 69.4 cm³/mol. The Morgan fingerprint density at radius 2 is 1.88 bits per heavy atom. The molecule has 0 amide bonds. The SMILES string of the molecule is CC1CCCCN1S(=O)(=O)N1CCCC(Cl)C1. The molecule has 0 bridgehead atoms. The molecule has 2 rings (SSSR count). The third kappa shape index (κ3) is 2.95. The molecule has 17 heavy (non-hydrogen) atoms. The number of hydrogen-bond acceptors (Lipinski definition) is 2. The molecule has 0 saturated carbocycles. The Bertz CT molecular complexity index is 360. The number of nitrogens with zero attached hydrogens (tertiary/aromatic N) is 2. The first kappa shape index (κ1) is 13.6. The summed E-state index contributed by atoms with van der Waals surface area (Å²) in [4.78, 5) is 0. The maximum absolute atomic E-state index is 12.5. The van der Waals surface area contributed by atoms with E-state index in [9.17, 15) is 8.42 Å². The van der Waals surface area contributed by atoms with Crippen LogP contribution < -0.4 is 0 Å². The monoisotopic (exact) mass is 280 g/mol. The van der Waals surface area contributed by atoms with Gasteiger partial charge in [-0.05, 0) is 32.6 Å². The predicted octanol–water partition coefficient (Wildman–Crippen LogP) is 1.81. The van der Waals surface area contributed by atoms with Crippen LogP contribution in [-0.2, 0) is 10.2 Å². The van der Waals surface area contributed by atoms with Crippen LogP contribution >= 0.6 is 11.6 Å². The largest absolute Gasteiger partial charge is 0.282 e. The number of halogens is 1. The van der Waals surface area contributed by atoms with Gasteiger partial charge >= 0.3 is 0 Å². The van der Waals surface area contributed by atoms with Gasteiger partial charge in [-0.25, -0.2) is 0 Å². The van der Waals surface area contributed by atoms with Crippen molar-refractivity contribution in [3.05, 3.63) is 0 Å². The molecule has 2 unspecified atom stereocenters. The summed E-state index contributed by atoms with van der Waals surface area (Å²) in [5.74, 6) is 0. The van der Waals surface area contributed by atoms with Gasteiger partial charge in [0.1, 0.15) is 0 Å². The molecule has 0 spiro atoms. The average molecular weight is 281 g/mol. The van der Waals surface area contributed by atoms with Crippen molar-refractivity contribution in [2.24, 2.45) is 0 Å². The van der Waals surface area contributed by atoms with E-state index in [0.717, 1.165) is 32.1 Å². The molecule has 2 heterocycles. The smallest absolute Gasteiger partial charge is 0.195 e. The average Bonchev–Trinajstić information content (AvgIpc) is 2.29. The lowest BCUT2D eigenvalue weighted by Crippen LogP contribution is -2.52. The standard InChI is InChI=1S/C11H21ClN2O2S/c1-10-5-2-3-8-14(10)17(15,16)13-7-4-6-11(12)9-13/h10-11H,2-9H2,1H3. The van der Waals surface area contributed by atoms with Crippen molar-refractivity contribution in [2.45, 2.75) is 50.4 Å². The highest BCUT2D eigenvalue weighted by atomic mass is 35.5. The van der Waals surface area contributed by atoms with Crippen LogP contribution in [0.3, 0.4) is 0 Å². The number of alkyl halides is 1. The van der Waals surface area contributed by atoms with Gasteiger partial charge in [0.2, 0.25) is 0 Å². The molecule has 100 valence electrons. The summed E-state index contributed by atoms with van der Waals surface area (Å²) in [5.41, 5.74) is 0. The van der Waals surface area contributed by atoms with Gasteiger partial charge in [0.15, 0.2) is 0 Å². The Hall–Kier alpha value is 0.160. The van der Waals surface area contributed by atoms with Crippen LogP contribution in [-0.4, -0.2) is 48.1 Å². The fraction of sp³-hybridized carbons (Fsp3) is 1.00.